The van der Waals surface area contributed by atoms with Gasteiger partial charge in [-0.2, -0.15) is 0 Å². The Labute approximate surface area is 108 Å². The van der Waals surface area contributed by atoms with Gasteiger partial charge in [0.15, 0.2) is 0 Å². The minimum atomic E-state index is -3.61. The van der Waals surface area contributed by atoms with Crippen molar-refractivity contribution >= 4 is 10.0 Å². The van der Waals surface area contributed by atoms with Gasteiger partial charge in [-0.15, -0.1) is 0 Å². The van der Waals surface area contributed by atoms with Crippen LogP contribution in [0.2, 0.25) is 0 Å². The molecule has 0 aliphatic heterocycles. The van der Waals surface area contributed by atoms with Crippen molar-refractivity contribution in [1.29, 1.82) is 0 Å². The summed E-state index contributed by atoms with van der Waals surface area (Å²) in [6.45, 7) is 6.95. The minimum absolute atomic E-state index is 0.0933. The summed E-state index contributed by atoms with van der Waals surface area (Å²) in [6.07, 6.45) is 1.64. The van der Waals surface area contributed by atoms with Gasteiger partial charge in [0, 0.05) is 11.6 Å². The lowest BCUT2D eigenvalue weighted by molar-refractivity contribution is 0.244. The molecule has 0 amide bonds. The normalized spacial score (nSPS) is 12.9. The van der Waals surface area contributed by atoms with E-state index in [0.717, 1.165) is 12.8 Å². The highest BCUT2D eigenvalue weighted by atomic mass is 32.2. The predicted molar refractivity (Wildman–Crippen MR) is 68.7 cm³/mol. The average Bonchev–Trinajstić information content (AvgIpc) is 2.58. The Balaban J connectivity index is 3.03. The molecule has 104 valence electrons. The van der Waals surface area contributed by atoms with Crippen LogP contribution < -0.4 is 4.72 Å². The number of rotatable bonds is 6. The average molecular weight is 275 g/mol. The van der Waals surface area contributed by atoms with Crippen LogP contribution in [-0.2, 0) is 16.6 Å². The third kappa shape index (κ3) is 3.57. The molecule has 0 aromatic carbocycles. The van der Waals surface area contributed by atoms with Crippen LogP contribution in [0.3, 0.4) is 0 Å². The van der Waals surface area contributed by atoms with Gasteiger partial charge in [-0.1, -0.05) is 13.3 Å². The first-order valence-corrected chi connectivity index (χ1v) is 7.44. The molecule has 0 spiro atoms. The van der Waals surface area contributed by atoms with Crippen LogP contribution in [0, 0.1) is 6.92 Å². The van der Waals surface area contributed by atoms with Gasteiger partial charge in [0.25, 0.3) is 0 Å². The fourth-order valence-corrected chi connectivity index (χ4v) is 3.61. The molecule has 6 heteroatoms. The van der Waals surface area contributed by atoms with Crippen LogP contribution in [-0.4, -0.2) is 19.1 Å². The molecule has 0 aliphatic rings. The first-order chi connectivity index (χ1) is 8.22. The molecule has 2 N–H and O–H groups in total. The molecule has 0 atom stereocenters. The number of furan rings is 1. The molecule has 1 aromatic heterocycles. The lowest BCUT2D eigenvalue weighted by Crippen LogP contribution is -2.43. The van der Waals surface area contributed by atoms with Crippen molar-refractivity contribution < 1.29 is 17.9 Å². The highest BCUT2D eigenvalue weighted by Gasteiger charge is 2.28. The predicted octanol–water partition coefficient (Wildman–Crippen LogP) is 1.94. The van der Waals surface area contributed by atoms with Gasteiger partial charge in [-0.3, -0.25) is 0 Å². The molecule has 5 nitrogen and oxygen atoms in total. The molecule has 0 fully saturated rings. The second kappa shape index (κ2) is 5.42. The number of nitrogens with one attached hydrogen (secondary N) is 1. The maximum Gasteiger partial charge on any atom is 0.244 e. The zero-order valence-corrected chi connectivity index (χ0v) is 12.1. The standard InChI is InChI=1S/C12H21NO4S/c1-5-6-12(3,4)13-18(15,16)11-7-10(8-14)17-9(11)2/h7,13-14H,5-6,8H2,1-4H3. The maximum atomic E-state index is 12.2. The molecule has 1 heterocycles. The molecule has 0 radical (unpaired) electrons. The fourth-order valence-electron chi connectivity index (χ4n) is 1.96. The second-order valence-corrected chi connectivity index (χ2v) is 6.68. The van der Waals surface area contributed by atoms with E-state index in [0.29, 0.717) is 5.76 Å². The summed E-state index contributed by atoms with van der Waals surface area (Å²) in [5, 5.41) is 8.95. The summed E-state index contributed by atoms with van der Waals surface area (Å²) in [7, 11) is -3.61. The quantitative estimate of drug-likeness (QED) is 0.831. The molecule has 18 heavy (non-hydrogen) atoms. The summed E-state index contributed by atoms with van der Waals surface area (Å²) in [5.41, 5.74) is -0.503. The summed E-state index contributed by atoms with van der Waals surface area (Å²) in [6, 6.07) is 1.36. The highest BCUT2D eigenvalue weighted by molar-refractivity contribution is 7.89. The molecule has 1 aromatic rings. The van der Waals surface area contributed by atoms with Gasteiger partial charge in [0.1, 0.15) is 23.0 Å². The Morgan fingerprint density at radius 2 is 2.06 bits per heavy atom. The first kappa shape index (κ1) is 15.2. The monoisotopic (exact) mass is 275 g/mol. The summed E-state index contributed by atoms with van der Waals surface area (Å²) < 4.78 is 32.3. The Morgan fingerprint density at radius 3 is 2.50 bits per heavy atom. The van der Waals surface area contributed by atoms with Crippen molar-refractivity contribution in [3.63, 3.8) is 0 Å². The Morgan fingerprint density at radius 1 is 1.44 bits per heavy atom. The van der Waals surface area contributed by atoms with Crippen molar-refractivity contribution in [3.8, 4) is 0 Å². The molecule has 0 saturated heterocycles. The minimum Gasteiger partial charge on any atom is -0.462 e. The van der Waals surface area contributed by atoms with Crippen LogP contribution in [0.4, 0.5) is 0 Å². The van der Waals surface area contributed by atoms with Gasteiger partial charge in [-0.25, -0.2) is 13.1 Å². The van der Waals surface area contributed by atoms with E-state index in [1.807, 2.05) is 20.8 Å². The Kier molecular flexibility index (Phi) is 4.58. The highest BCUT2D eigenvalue weighted by Crippen LogP contribution is 2.22. The number of hydrogen-bond donors (Lipinski definition) is 2. The van der Waals surface area contributed by atoms with Gasteiger partial charge in [0.05, 0.1) is 0 Å². The van der Waals surface area contributed by atoms with Gasteiger partial charge < -0.3 is 9.52 Å². The summed E-state index contributed by atoms with van der Waals surface area (Å²) >= 11 is 0. The van der Waals surface area contributed by atoms with Crippen molar-refractivity contribution in [2.24, 2.45) is 0 Å². The number of sulfonamides is 1. The lowest BCUT2D eigenvalue weighted by atomic mass is 10.0. The number of aryl methyl sites for hydroxylation is 1. The van der Waals surface area contributed by atoms with Crippen LogP contribution in [0.25, 0.3) is 0 Å². The molecule has 1 rings (SSSR count). The number of aliphatic hydroxyl groups excluding tert-OH is 1. The Hall–Kier alpha value is -0.850. The van der Waals surface area contributed by atoms with Crippen molar-refractivity contribution in [2.45, 2.75) is 57.6 Å². The van der Waals surface area contributed by atoms with E-state index in [-0.39, 0.29) is 17.3 Å². The third-order valence-electron chi connectivity index (χ3n) is 2.65. The first-order valence-electron chi connectivity index (χ1n) is 5.96. The van der Waals surface area contributed by atoms with E-state index < -0.39 is 15.6 Å². The maximum absolute atomic E-state index is 12.2. The van der Waals surface area contributed by atoms with Gasteiger partial charge >= 0.3 is 0 Å². The zero-order valence-electron chi connectivity index (χ0n) is 11.3. The van der Waals surface area contributed by atoms with Crippen LogP contribution in [0.15, 0.2) is 15.4 Å². The van der Waals surface area contributed by atoms with Gasteiger partial charge in [-0.05, 0) is 27.2 Å². The van der Waals surface area contributed by atoms with E-state index in [1.165, 1.54) is 6.07 Å². The van der Waals surface area contributed by atoms with E-state index in [4.69, 9.17) is 9.52 Å². The number of aliphatic hydroxyl groups is 1. The topological polar surface area (TPSA) is 79.5 Å². The summed E-state index contributed by atoms with van der Waals surface area (Å²) in [4.78, 5) is 0.0933. The van der Waals surface area contributed by atoms with E-state index in [9.17, 15) is 8.42 Å². The largest absolute Gasteiger partial charge is 0.462 e. The molecule has 0 bridgehead atoms. The Bertz CT molecular complexity index is 502. The fraction of sp³-hybridized carbons (Fsp3) is 0.667. The van der Waals surface area contributed by atoms with E-state index >= 15 is 0 Å². The lowest BCUT2D eigenvalue weighted by Gasteiger charge is -2.25. The smallest absolute Gasteiger partial charge is 0.244 e. The second-order valence-electron chi connectivity index (χ2n) is 5.03. The molecule has 0 unspecified atom stereocenters. The zero-order chi connectivity index (χ0) is 14.0. The molecular weight excluding hydrogens is 254 g/mol. The van der Waals surface area contributed by atoms with Crippen molar-refractivity contribution in [1.82, 2.24) is 4.72 Å². The third-order valence-corrected chi connectivity index (χ3v) is 4.46. The molecule has 0 saturated carbocycles. The van der Waals surface area contributed by atoms with Crippen molar-refractivity contribution in [2.75, 3.05) is 0 Å². The molecule has 0 aliphatic carbocycles. The van der Waals surface area contributed by atoms with Crippen LogP contribution in [0.1, 0.15) is 45.1 Å². The SMILES string of the molecule is CCCC(C)(C)NS(=O)(=O)c1cc(CO)oc1C. The number of hydrogen-bond acceptors (Lipinski definition) is 4. The van der Waals surface area contributed by atoms with Gasteiger partial charge in [0.2, 0.25) is 10.0 Å². The summed E-state index contributed by atoms with van der Waals surface area (Å²) in [5.74, 6) is 0.542. The van der Waals surface area contributed by atoms with E-state index in [1.54, 1.807) is 6.92 Å². The molecular formula is C12H21NO4S. The van der Waals surface area contributed by atoms with Crippen molar-refractivity contribution in [3.05, 3.63) is 17.6 Å². The van der Waals surface area contributed by atoms with Crippen LogP contribution in [0.5, 0.6) is 0 Å². The van der Waals surface area contributed by atoms with Crippen LogP contribution >= 0.6 is 0 Å². The van der Waals surface area contributed by atoms with E-state index in [2.05, 4.69) is 4.72 Å².